The first-order chi connectivity index (χ1) is 12.2. The molecule has 0 saturated heterocycles. The van der Waals surface area contributed by atoms with Crippen molar-refractivity contribution in [3.8, 4) is 0 Å². The zero-order valence-electron chi connectivity index (χ0n) is 12.8. The molecule has 2 aromatic rings. The van der Waals surface area contributed by atoms with E-state index in [1.54, 1.807) is 0 Å². The Balaban J connectivity index is 2.06. The van der Waals surface area contributed by atoms with Crippen LogP contribution in [0.25, 0.3) is 0 Å². The molecule has 0 aliphatic carbocycles. The fraction of sp³-hybridized carbons (Fsp3) is 0.167. The van der Waals surface area contributed by atoms with Gasteiger partial charge in [0.2, 0.25) is 0 Å². The van der Waals surface area contributed by atoms with E-state index in [1.807, 2.05) is 0 Å². The highest BCUT2D eigenvalue weighted by Gasteiger charge is 2.33. The Kier molecular flexibility index (Phi) is 5.29. The molecule has 2 aromatic heterocycles. The van der Waals surface area contributed by atoms with E-state index in [-0.39, 0.29) is 11.6 Å². The first-order valence-electron chi connectivity index (χ1n) is 6.68. The van der Waals surface area contributed by atoms with Gasteiger partial charge in [0, 0.05) is 12.1 Å². The summed E-state index contributed by atoms with van der Waals surface area (Å²) in [5, 5.41) is 19.1. The van der Waals surface area contributed by atoms with Crippen molar-refractivity contribution in [2.24, 2.45) is 0 Å². The maximum atomic E-state index is 11.7. The van der Waals surface area contributed by atoms with Gasteiger partial charge < -0.3 is 31.4 Å². The molecule has 0 amide bonds. The Morgan fingerprint density at radius 2 is 1.23 bits per heavy atom. The minimum Gasteiger partial charge on any atom is -0.383 e. The fourth-order valence-corrected chi connectivity index (χ4v) is 1.52. The molecule has 0 spiro atoms. The van der Waals surface area contributed by atoms with Gasteiger partial charge in [-0.15, -0.1) is 9.46 Å². The molecule has 2 heterocycles. The van der Waals surface area contributed by atoms with E-state index in [9.17, 15) is 29.4 Å². The van der Waals surface area contributed by atoms with Crippen LogP contribution >= 0.6 is 0 Å². The molecular formula is C12H12N6O8. The third-order valence-electron chi connectivity index (χ3n) is 2.71. The largest absolute Gasteiger partial charge is 0.383 e. The molecule has 0 aliphatic rings. The average Bonchev–Trinajstić information content (AvgIpc) is 2.58. The molecule has 0 radical (unpaired) electrons. The molecule has 2 rings (SSSR count). The number of aromatic nitrogens is 4. The minimum atomic E-state index is -2.47. The molecule has 0 fully saturated rings. The fourth-order valence-electron chi connectivity index (χ4n) is 1.52. The first kappa shape index (κ1) is 18.6. The summed E-state index contributed by atoms with van der Waals surface area (Å²) >= 11 is 0. The zero-order chi connectivity index (χ0) is 19.4. The second kappa shape index (κ2) is 7.41. The summed E-state index contributed by atoms with van der Waals surface area (Å²) in [5.41, 5.74) is 8.36. The number of aliphatic hydroxyl groups excluding tert-OH is 2. The highest BCUT2D eigenvalue weighted by molar-refractivity contribution is 6.39. The smallest absolute Gasteiger partial charge is 0.382 e. The Bertz CT molecular complexity index is 876. The molecule has 0 aliphatic heterocycles. The number of nitrogen functional groups attached to an aromatic ring is 2. The normalized spacial score (nSPS) is 12.8. The number of nitrogens with zero attached hydrogens (tertiary/aromatic N) is 4. The number of nitrogens with two attached hydrogens (primary N) is 2. The summed E-state index contributed by atoms with van der Waals surface area (Å²) < 4.78 is 0.682. The monoisotopic (exact) mass is 368 g/mol. The van der Waals surface area contributed by atoms with E-state index in [4.69, 9.17) is 11.5 Å². The molecule has 26 heavy (non-hydrogen) atoms. The topological polar surface area (TPSA) is 215 Å². The summed E-state index contributed by atoms with van der Waals surface area (Å²) in [6.07, 6.45) is -3.05. The molecule has 0 saturated carbocycles. The maximum absolute atomic E-state index is 11.7. The molecular weight excluding hydrogens is 356 g/mol. The summed E-state index contributed by atoms with van der Waals surface area (Å²) in [4.78, 5) is 61.9. The van der Waals surface area contributed by atoms with Gasteiger partial charge in [0.25, 0.3) is 24.1 Å². The lowest BCUT2D eigenvalue weighted by molar-refractivity contribution is -0.178. The van der Waals surface area contributed by atoms with Crippen LogP contribution in [0.3, 0.4) is 0 Å². The van der Waals surface area contributed by atoms with Crippen molar-refractivity contribution in [2.45, 2.75) is 12.6 Å². The summed E-state index contributed by atoms with van der Waals surface area (Å²) in [6, 6.07) is 2.25. The van der Waals surface area contributed by atoms with Crippen molar-refractivity contribution < 1.29 is 29.5 Å². The van der Waals surface area contributed by atoms with Crippen LogP contribution in [0.5, 0.6) is 0 Å². The maximum Gasteiger partial charge on any atom is 0.382 e. The predicted molar refractivity (Wildman–Crippen MR) is 81.0 cm³/mol. The van der Waals surface area contributed by atoms with E-state index in [0.717, 1.165) is 24.5 Å². The molecule has 2 unspecified atom stereocenters. The van der Waals surface area contributed by atoms with Crippen molar-refractivity contribution in [3.05, 3.63) is 45.5 Å². The Morgan fingerprint density at radius 1 is 0.885 bits per heavy atom. The van der Waals surface area contributed by atoms with E-state index < -0.39 is 35.5 Å². The van der Waals surface area contributed by atoms with Gasteiger partial charge in [0.05, 0.1) is 12.4 Å². The standard InChI is InChI=1S/C12H12N6O8/c13-5-1-3-17(11(23)15-5)25-9(21)7(19)8(20)10(22)26-18-4-2-6(14)16-12(18)24/h1-4,9-10,21-22H,(H2,13,15,23)(H2,14,16,24). The second-order valence-corrected chi connectivity index (χ2v) is 4.57. The summed E-state index contributed by atoms with van der Waals surface area (Å²) in [5.74, 6) is -3.62. The van der Waals surface area contributed by atoms with Crippen LogP contribution in [0.4, 0.5) is 11.6 Å². The number of hydrogen-bond donors (Lipinski definition) is 4. The van der Waals surface area contributed by atoms with E-state index in [2.05, 4.69) is 19.6 Å². The average molecular weight is 368 g/mol. The highest BCUT2D eigenvalue weighted by Crippen LogP contribution is 1.96. The van der Waals surface area contributed by atoms with Gasteiger partial charge in [-0.05, 0) is 0 Å². The minimum absolute atomic E-state index is 0.141. The van der Waals surface area contributed by atoms with Gasteiger partial charge in [0.1, 0.15) is 11.6 Å². The number of aliphatic hydroxyl groups is 2. The SMILES string of the molecule is Nc1ccn(OC(O)C(=O)C(=O)C(O)On2ccc(N)nc2=O)c(=O)n1. The molecule has 6 N–H and O–H groups in total. The van der Waals surface area contributed by atoms with Crippen molar-refractivity contribution in [1.29, 1.82) is 0 Å². The van der Waals surface area contributed by atoms with Crippen LogP contribution < -0.4 is 32.5 Å². The third kappa shape index (κ3) is 4.19. The highest BCUT2D eigenvalue weighted by atomic mass is 16.7. The molecule has 2 atom stereocenters. The lowest BCUT2D eigenvalue weighted by Gasteiger charge is -2.15. The number of Topliss-reactive ketones (excluding diaryl/α,β-unsaturated/α-hetero) is 2. The van der Waals surface area contributed by atoms with Gasteiger partial charge in [-0.2, -0.15) is 9.97 Å². The van der Waals surface area contributed by atoms with Gasteiger partial charge in [0.15, 0.2) is 0 Å². The predicted octanol–water partition coefficient (Wildman–Crippen LogP) is -4.70. The van der Waals surface area contributed by atoms with Crippen molar-refractivity contribution in [2.75, 3.05) is 11.5 Å². The van der Waals surface area contributed by atoms with Crippen molar-refractivity contribution >= 4 is 23.2 Å². The number of ketones is 2. The number of hydrogen-bond acceptors (Lipinski definition) is 12. The Morgan fingerprint density at radius 3 is 1.54 bits per heavy atom. The molecule has 138 valence electrons. The third-order valence-corrected chi connectivity index (χ3v) is 2.71. The van der Waals surface area contributed by atoms with Crippen LogP contribution in [0, 0.1) is 0 Å². The van der Waals surface area contributed by atoms with Crippen molar-refractivity contribution in [3.63, 3.8) is 0 Å². The van der Waals surface area contributed by atoms with E-state index in [0.29, 0.717) is 9.46 Å². The summed E-state index contributed by atoms with van der Waals surface area (Å²) in [7, 11) is 0. The Labute approximate surface area is 142 Å². The van der Waals surface area contributed by atoms with Crippen LogP contribution in [-0.2, 0) is 9.59 Å². The number of carbonyl (C=O) groups is 2. The van der Waals surface area contributed by atoms with Gasteiger partial charge in [-0.25, -0.2) is 9.59 Å². The Hall–Kier alpha value is -3.78. The van der Waals surface area contributed by atoms with Gasteiger partial charge in [-0.1, -0.05) is 0 Å². The van der Waals surface area contributed by atoms with Crippen LogP contribution in [0.1, 0.15) is 0 Å². The van der Waals surface area contributed by atoms with Crippen molar-refractivity contribution in [1.82, 2.24) is 19.4 Å². The van der Waals surface area contributed by atoms with E-state index in [1.165, 1.54) is 0 Å². The second-order valence-electron chi connectivity index (χ2n) is 4.57. The lowest BCUT2D eigenvalue weighted by Crippen LogP contribution is -2.48. The van der Waals surface area contributed by atoms with Gasteiger partial charge in [-0.3, -0.25) is 9.59 Å². The zero-order valence-corrected chi connectivity index (χ0v) is 12.8. The molecule has 0 aromatic carbocycles. The van der Waals surface area contributed by atoms with Crippen LogP contribution in [0.2, 0.25) is 0 Å². The molecule has 14 nitrogen and oxygen atoms in total. The molecule has 0 bridgehead atoms. The number of rotatable bonds is 7. The first-order valence-corrected chi connectivity index (χ1v) is 6.68. The number of anilines is 2. The number of carbonyl (C=O) groups excluding carboxylic acids is 2. The van der Waals surface area contributed by atoms with E-state index >= 15 is 0 Å². The quantitative estimate of drug-likeness (QED) is 0.268. The van der Waals surface area contributed by atoms with Crippen LogP contribution in [0.15, 0.2) is 34.1 Å². The lowest BCUT2D eigenvalue weighted by atomic mass is 10.2. The van der Waals surface area contributed by atoms with Crippen LogP contribution in [-0.4, -0.2) is 53.8 Å². The molecule has 14 heteroatoms. The summed E-state index contributed by atoms with van der Waals surface area (Å²) in [6.45, 7) is 0. The van der Waals surface area contributed by atoms with Gasteiger partial charge >= 0.3 is 11.4 Å².